The standard InChI is InChI=1S/C29H40O9/c1-8-34-16-23-26(32-6)24(30)27(33-7)28(36-23)35-21-14-9-10-15-22(21)37-29(31)38-25-19(17(2)3)12-11-13-20(25)18(4)5/h9-15,17-18,23-24,26-28,30H,8,16H2,1-7H3. The Kier molecular flexibility index (Phi) is 10.9. The summed E-state index contributed by atoms with van der Waals surface area (Å²) in [5.41, 5.74) is 1.83. The lowest BCUT2D eigenvalue weighted by atomic mass is 9.94. The maximum absolute atomic E-state index is 13.0. The molecular formula is C29H40O9. The molecule has 0 saturated carbocycles. The van der Waals surface area contributed by atoms with E-state index in [1.54, 1.807) is 24.3 Å². The number of rotatable bonds is 11. The van der Waals surface area contributed by atoms with E-state index in [-0.39, 0.29) is 29.9 Å². The number of methoxy groups -OCH3 is 2. The second-order valence-corrected chi connectivity index (χ2v) is 9.69. The number of aliphatic hydroxyl groups excluding tert-OH is 1. The van der Waals surface area contributed by atoms with Gasteiger partial charge in [0.1, 0.15) is 30.2 Å². The topological polar surface area (TPSA) is 102 Å². The molecule has 0 amide bonds. The number of benzene rings is 2. The van der Waals surface area contributed by atoms with E-state index in [0.717, 1.165) is 11.1 Å². The molecule has 1 aliphatic rings. The normalized spacial score (nSPS) is 23.5. The lowest BCUT2D eigenvalue weighted by Gasteiger charge is -2.43. The molecule has 210 valence electrons. The van der Waals surface area contributed by atoms with Gasteiger partial charge in [-0.15, -0.1) is 0 Å². The summed E-state index contributed by atoms with van der Waals surface area (Å²) in [6.07, 6.45) is -5.12. The van der Waals surface area contributed by atoms with Crippen molar-refractivity contribution in [1.82, 2.24) is 0 Å². The Morgan fingerprint density at radius 1 is 0.895 bits per heavy atom. The Balaban J connectivity index is 1.81. The second kappa shape index (κ2) is 13.9. The van der Waals surface area contributed by atoms with E-state index < -0.39 is 36.9 Å². The van der Waals surface area contributed by atoms with E-state index in [4.69, 9.17) is 33.2 Å². The summed E-state index contributed by atoms with van der Waals surface area (Å²) in [6, 6.07) is 12.5. The number of ether oxygens (including phenoxy) is 7. The number of carbonyl (C=O) groups excluding carboxylic acids is 1. The van der Waals surface area contributed by atoms with Crippen LogP contribution in [0.1, 0.15) is 57.6 Å². The van der Waals surface area contributed by atoms with Crippen LogP contribution in [0, 0.1) is 0 Å². The first-order chi connectivity index (χ1) is 18.2. The minimum absolute atomic E-state index is 0.133. The van der Waals surface area contributed by atoms with Crippen molar-refractivity contribution in [3.63, 3.8) is 0 Å². The zero-order chi connectivity index (χ0) is 27.8. The van der Waals surface area contributed by atoms with Crippen molar-refractivity contribution < 1.29 is 43.1 Å². The van der Waals surface area contributed by atoms with Crippen LogP contribution < -0.4 is 14.2 Å². The van der Waals surface area contributed by atoms with Crippen molar-refractivity contribution in [2.75, 3.05) is 27.4 Å². The Hall–Kier alpha value is -2.69. The van der Waals surface area contributed by atoms with Gasteiger partial charge in [-0.25, -0.2) is 4.79 Å². The fraction of sp³-hybridized carbons (Fsp3) is 0.552. The number of carbonyl (C=O) groups is 1. The molecule has 1 N–H and O–H groups in total. The summed E-state index contributed by atoms with van der Waals surface area (Å²) in [6.45, 7) is 10.7. The second-order valence-electron chi connectivity index (χ2n) is 9.69. The minimum Gasteiger partial charge on any atom is -0.458 e. The van der Waals surface area contributed by atoms with Crippen LogP contribution in [-0.4, -0.2) is 69.4 Å². The number of para-hydroxylation sites is 3. The van der Waals surface area contributed by atoms with E-state index in [2.05, 4.69) is 0 Å². The summed E-state index contributed by atoms with van der Waals surface area (Å²) in [4.78, 5) is 13.0. The van der Waals surface area contributed by atoms with Gasteiger partial charge in [-0.3, -0.25) is 0 Å². The molecule has 0 bridgehead atoms. The van der Waals surface area contributed by atoms with Crippen LogP contribution in [0.4, 0.5) is 4.79 Å². The van der Waals surface area contributed by atoms with Crippen molar-refractivity contribution >= 4 is 6.16 Å². The highest BCUT2D eigenvalue weighted by Gasteiger charge is 2.47. The van der Waals surface area contributed by atoms with Crippen LogP contribution in [0.25, 0.3) is 0 Å². The highest BCUT2D eigenvalue weighted by molar-refractivity contribution is 5.70. The molecule has 1 aliphatic heterocycles. The maximum Gasteiger partial charge on any atom is 0.519 e. The van der Waals surface area contributed by atoms with E-state index in [1.807, 2.05) is 52.8 Å². The Morgan fingerprint density at radius 3 is 2.05 bits per heavy atom. The van der Waals surface area contributed by atoms with Gasteiger partial charge in [-0.1, -0.05) is 58.0 Å². The van der Waals surface area contributed by atoms with Gasteiger partial charge in [0.2, 0.25) is 6.29 Å². The molecule has 1 saturated heterocycles. The highest BCUT2D eigenvalue weighted by Crippen LogP contribution is 2.36. The van der Waals surface area contributed by atoms with Crippen LogP contribution in [0.2, 0.25) is 0 Å². The summed E-state index contributed by atoms with van der Waals surface area (Å²) < 4.78 is 40.0. The van der Waals surface area contributed by atoms with Crippen molar-refractivity contribution in [2.24, 2.45) is 0 Å². The number of aliphatic hydroxyl groups is 1. The van der Waals surface area contributed by atoms with E-state index in [9.17, 15) is 9.90 Å². The first-order valence-electron chi connectivity index (χ1n) is 13.0. The average Bonchev–Trinajstić information content (AvgIpc) is 2.88. The molecule has 1 heterocycles. The molecule has 2 aromatic rings. The molecular weight excluding hydrogens is 492 g/mol. The third-order valence-corrected chi connectivity index (χ3v) is 6.44. The van der Waals surface area contributed by atoms with Crippen molar-refractivity contribution in [3.8, 4) is 17.2 Å². The van der Waals surface area contributed by atoms with Crippen LogP contribution >= 0.6 is 0 Å². The zero-order valence-corrected chi connectivity index (χ0v) is 23.2. The Labute approximate surface area is 224 Å². The van der Waals surface area contributed by atoms with E-state index in [0.29, 0.717) is 12.4 Å². The molecule has 3 rings (SSSR count). The molecule has 1 fully saturated rings. The third kappa shape index (κ3) is 7.03. The molecule has 0 radical (unpaired) electrons. The van der Waals surface area contributed by atoms with Crippen molar-refractivity contribution in [1.29, 1.82) is 0 Å². The number of hydrogen-bond donors (Lipinski definition) is 1. The lowest BCUT2D eigenvalue weighted by molar-refractivity contribution is -0.289. The summed E-state index contributed by atoms with van der Waals surface area (Å²) in [5.74, 6) is 1.15. The molecule has 2 aromatic carbocycles. The first kappa shape index (κ1) is 29.9. The first-order valence-corrected chi connectivity index (χ1v) is 13.0. The predicted molar refractivity (Wildman–Crippen MR) is 141 cm³/mol. The van der Waals surface area contributed by atoms with E-state index >= 15 is 0 Å². The van der Waals surface area contributed by atoms with Gasteiger partial charge >= 0.3 is 6.16 Å². The zero-order valence-electron chi connectivity index (χ0n) is 23.2. The van der Waals surface area contributed by atoms with Gasteiger partial charge in [-0.2, -0.15) is 0 Å². The van der Waals surface area contributed by atoms with Gasteiger partial charge in [0.05, 0.1) is 6.61 Å². The molecule has 0 aliphatic carbocycles. The molecule has 9 heteroatoms. The maximum atomic E-state index is 13.0. The molecule has 5 atom stereocenters. The summed E-state index contributed by atoms with van der Waals surface area (Å²) >= 11 is 0. The van der Waals surface area contributed by atoms with Crippen LogP contribution in [-0.2, 0) is 18.9 Å². The van der Waals surface area contributed by atoms with E-state index in [1.165, 1.54) is 14.2 Å². The van der Waals surface area contributed by atoms with Crippen molar-refractivity contribution in [3.05, 3.63) is 53.6 Å². The summed E-state index contributed by atoms with van der Waals surface area (Å²) in [7, 11) is 2.93. The summed E-state index contributed by atoms with van der Waals surface area (Å²) in [5, 5.41) is 10.9. The molecule has 38 heavy (non-hydrogen) atoms. The van der Waals surface area contributed by atoms with Gasteiger partial charge in [0, 0.05) is 20.8 Å². The minimum atomic E-state index is -1.05. The van der Waals surface area contributed by atoms with Crippen LogP contribution in [0.5, 0.6) is 17.2 Å². The predicted octanol–water partition coefficient (Wildman–Crippen LogP) is 5.04. The van der Waals surface area contributed by atoms with Crippen molar-refractivity contribution in [2.45, 2.75) is 77.2 Å². The monoisotopic (exact) mass is 532 g/mol. The number of hydrogen-bond acceptors (Lipinski definition) is 9. The van der Waals surface area contributed by atoms with Gasteiger partial charge < -0.3 is 38.3 Å². The van der Waals surface area contributed by atoms with Gasteiger partial charge in [0.25, 0.3) is 0 Å². The van der Waals surface area contributed by atoms with Gasteiger partial charge in [0.15, 0.2) is 11.5 Å². The molecule has 9 nitrogen and oxygen atoms in total. The molecule has 0 aromatic heterocycles. The Morgan fingerprint density at radius 2 is 1.50 bits per heavy atom. The molecule has 5 unspecified atom stereocenters. The van der Waals surface area contributed by atoms with Crippen LogP contribution in [0.15, 0.2) is 42.5 Å². The SMILES string of the molecule is CCOCC1OC(Oc2ccccc2OC(=O)Oc2c(C(C)C)cccc2C(C)C)C(OC)C(O)C1OC. The molecule has 0 spiro atoms. The largest absolute Gasteiger partial charge is 0.519 e. The highest BCUT2D eigenvalue weighted by atomic mass is 16.7. The lowest BCUT2D eigenvalue weighted by Crippen LogP contribution is -2.61. The third-order valence-electron chi connectivity index (χ3n) is 6.44. The van der Waals surface area contributed by atoms with Gasteiger partial charge in [-0.05, 0) is 42.0 Å². The Bertz CT molecular complexity index is 1010. The quantitative estimate of drug-likeness (QED) is 0.315. The fourth-order valence-corrected chi connectivity index (χ4v) is 4.45. The smallest absolute Gasteiger partial charge is 0.458 e. The average molecular weight is 533 g/mol. The van der Waals surface area contributed by atoms with Crippen LogP contribution in [0.3, 0.4) is 0 Å². The fourth-order valence-electron chi connectivity index (χ4n) is 4.45.